The average Bonchev–Trinajstić information content (AvgIpc) is 2.72. The number of hydrogen-bond donors (Lipinski definition) is 1. The van der Waals surface area contributed by atoms with Crippen LogP contribution in [0.4, 0.5) is 0 Å². The van der Waals surface area contributed by atoms with Gasteiger partial charge in [-0.1, -0.05) is 57.2 Å². The second-order valence-corrected chi connectivity index (χ2v) is 9.32. The predicted octanol–water partition coefficient (Wildman–Crippen LogP) is 4.38. The van der Waals surface area contributed by atoms with E-state index in [1.54, 1.807) is 71.9 Å². The van der Waals surface area contributed by atoms with Crippen LogP contribution in [0.3, 0.4) is 0 Å². The zero-order valence-electron chi connectivity index (χ0n) is 20.2. The minimum absolute atomic E-state index is 0.162. The molecule has 0 spiro atoms. The molecule has 2 atom stereocenters. The van der Waals surface area contributed by atoms with Crippen LogP contribution >= 0.6 is 0 Å². The van der Waals surface area contributed by atoms with Crippen molar-refractivity contribution in [3.05, 3.63) is 48.6 Å². The third-order valence-electron chi connectivity index (χ3n) is 5.80. The molecule has 0 bridgehead atoms. The first-order valence-electron chi connectivity index (χ1n) is 10.7. The van der Waals surface area contributed by atoms with Gasteiger partial charge in [-0.15, -0.1) is 6.58 Å². The van der Waals surface area contributed by atoms with Crippen molar-refractivity contribution in [2.75, 3.05) is 0 Å². The summed E-state index contributed by atoms with van der Waals surface area (Å²) in [5.41, 5.74) is -2.39. The molecule has 33 heavy (non-hydrogen) atoms. The summed E-state index contributed by atoms with van der Waals surface area (Å²) in [5, 5.41) is 8.82. The lowest BCUT2D eigenvalue weighted by atomic mass is 9.68. The number of esters is 3. The highest BCUT2D eigenvalue weighted by molar-refractivity contribution is 6.30. The van der Waals surface area contributed by atoms with E-state index in [0.29, 0.717) is 12.8 Å². The maximum atomic E-state index is 12.7. The molecule has 0 aliphatic rings. The standard InChI is InChI=1S/C25H34O8/c1-8-13-18(17-14-11-10-12-15-17)31-21(29)22(30)33-25(7,9-2)23(3,4)16-24(5,6)32-20(28)19(26)27/h8,10-12,14-15,18H,1,9,13,16H2,2-7H3,(H,26,27). The summed E-state index contributed by atoms with van der Waals surface area (Å²) in [7, 11) is 0. The van der Waals surface area contributed by atoms with Gasteiger partial charge in [-0.2, -0.15) is 0 Å². The van der Waals surface area contributed by atoms with E-state index in [-0.39, 0.29) is 6.42 Å². The van der Waals surface area contributed by atoms with Gasteiger partial charge < -0.3 is 19.3 Å². The number of ether oxygens (including phenoxy) is 3. The minimum atomic E-state index is -1.69. The van der Waals surface area contributed by atoms with Crippen molar-refractivity contribution >= 4 is 23.9 Å². The molecule has 1 aromatic rings. The number of carbonyl (C=O) groups excluding carboxylic acids is 3. The molecule has 0 heterocycles. The van der Waals surface area contributed by atoms with Gasteiger partial charge in [-0.05, 0) is 39.2 Å². The molecule has 0 aliphatic heterocycles. The van der Waals surface area contributed by atoms with Crippen molar-refractivity contribution in [1.29, 1.82) is 0 Å². The Bertz CT molecular complexity index is 872. The number of carboxylic acids is 1. The third-order valence-corrected chi connectivity index (χ3v) is 5.80. The topological polar surface area (TPSA) is 116 Å². The quantitative estimate of drug-likeness (QED) is 0.236. The molecule has 0 saturated heterocycles. The lowest BCUT2D eigenvalue weighted by Crippen LogP contribution is -2.50. The van der Waals surface area contributed by atoms with Crippen LogP contribution in [0.5, 0.6) is 0 Å². The van der Waals surface area contributed by atoms with Gasteiger partial charge in [-0.25, -0.2) is 19.2 Å². The third kappa shape index (κ3) is 7.73. The largest absolute Gasteiger partial charge is 0.473 e. The van der Waals surface area contributed by atoms with Crippen molar-refractivity contribution in [1.82, 2.24) is 0 Å². The molecule has 1 aromatic carbocycles. The SMILES string of the molecule is C=CCC(OC(=O)C(=O)OC(C)(CC)C(C)(C)CC(C)(C)OC(=O)C(=O)O)c1ccccc1. The molecule has 8 heteroatoms. The molecular formula is C25H34O8. The summed E-state index contributed by atoms with van der Waals surface area (Å²) < 4.78 is 16.1. The van der Waals surface area contributed by atoms with Crippen LogP contribution in [-0.4, -0.2) is 40.2 Å². The summed E-state index contributed by atoms with van der Waals surface area (Å²) in [6.45, 7) is 13.9. The summed E-state index contributed by atoms with van der Waals surface area (Å²) in [6, 6.07) is 8.99. The van der Waals surface area contributed by atoms with E-state index < -0.39 is 46.6 Å². The molecule has 0 saturated carbocycles. The highest BCUT2D eigenvalue weighted by Crippen LogP contribution is 2.44. The van der Waals surface area contributed by atoms with E-state index in [1.165, 1.54) is 0 Å². The Hall–Kier alpha value is -3.16. The van der Waals surface area contributed by atoms with Gasteiger partial charge >= 0.3 is 23.9 Å². The van der Waals surface area contributed by atoms with Gasteiger partial charge in [0.1, 0.15) is 17.3 Å². The number of rotatable bonds is 10. The predicted molar refractivity (Wildman–Crippen MR) is 121 cm³/mol. The monoisotopic (exact) mass is 462 g/mol. The van der Waals surface area contributed by atoms with Crippen molar-refractivity contribution in [3.63, 3.8) is 0 Å². The number of aliphatic carboxylic acids is 1. The van der Waals surface area contributed by atoms with Crippen LogP contribution in [0.1, 0.15) is 72.5 Å². The Labute approximate surface area is 194 Å². The molecule has 8 nitrogen and oxygen atoms in total. The molecule has 0 fully saturated rings. The van der Waals surface area contributed by atoms with E-state index in [1.807, 2.05) is 6.07 Å². The fourth-order valence-electron chi connectivity index (χ4n) is 3.77. The van der Waals surface area contributed by atoms with E-state index in [9.17, 15) is 19.2 Å². The van der Waals surface area contributed by atoms with E-state index in [2.05, 4.69) is 6.58 Å². The summed E-state index contributed by atoms with van der Waals surface area (Å²) >= 11 is 0. The van der Waals surface area contributed by atoms with Gasteiger partial charge in [-0.3, -0.25) is 0 Å². The zero-order chi connectivity index (χ0) is 25.4. The molecular weight excluding hydrogens is 428 g/mol. The van der Waals surface area contributed by atoms with Crippen LogP contribution in [0.2, 0.25) is 0 Å². The molecule has 0 aromatic heterocycles. The Morgan fingerprint density at radius 1 is 0.970 bits per heavy atom. The number of hydrogen-bond acceptors (Lipinski definition) is 7. The van der Waals surface area contributed by atoms with Crippen molar-refractivity contribution < 1.29 is 38.5 Å². The second kappa shape index (κ2) is 11.1. The first-order valence-corrected chi connectivity index (χ1v) is 10.7. The fourth-order valence-corrected chi connectivity index (χ4v) is 3.77. The van der Waals surface area contributed by atoms with Crippen LogP contribution in [0.25, 0.3) is 0 Å². The fraction of sp³-hybridized carbons (Fsp3) is 0.520. The Morgan fingerprint density at radius 3 is 2.03 bits per heavy atom. The van der Waals surface area contributed by atoms with Crippen LogP contribution in [-0.2, 0) is 33.4 Å². The highest BCUT2D eigenvalue weighted by atomic mass is 16.6. The number of benzene rings is 1. The first-order chi connectivity index (χ1) is 15.2. The van der Waals surface area contributed by atoms with Crippen LogP contribution in [0, 0.1) is 5.41 Å². The van der Waals surface area contributed by atoms with Gasteiger partial charge in [0.15, 0.2) is 0 Å². The van der Waals surface area contributed by atoms with Crippen molar-refractivity contribution in [2.24, 2.45) is 5.41 Å². The minimum Gasteiger partial charge on any atom is -0.473 e. The summed E-state index contributed by atoms with van der Waals surface area (Å²) in [6.07, 6.45) is 1.74. The maximum absolute atomic E-state index is 12.7. The molecule has 0 radical (unpaired) electrons. The number of carboxylic acid groups (broad SMARTS) is 1. The lowest BCUT2D eigenvalue weighted by Gasteiger charge is -2.46. The first kappa shape index (κ1) is 27.9. The van der Waals surface area contributed by atoms with Crippen molar-refractivity contribution in [2.45, 2.75) is 78.1 Å². The zero-order valence-corrected chi connectivity index (χ0v) is 20.2. The van der Waals surface area contributed by atoms with E-state index in [4.69, 9.17) is 19.3 Å². The smallest absolute Gasteiger partial charge is 0.418 e. The van der Waals surface area contributed by atoms with Crippen molar-refractivity contribution in [3.8, 4) is 0 Å². The van der Waals surface area contributed by atoms with Gasteiger partial charge in [0.05, 0.1) is 0 Å². The Kier molecular flexibility index (Phi) is 9.39. The normalized spacial score (nSPS) is 14.4. The second-order valence-electron chi connectivity index (χ2n) is 9.32. The van der Waals surface area contributed by atoms with Gasteiger partial charge in [0.2, 0.25) is 0 Å². The molecule has 1 N–H and O–H groups in total. The Balaban J connectivity index is 2.98. The molecule has 2 unspecified atom stereocenters. The van der Waals surface area contributed by atoms with Crippen LogP contribution < -0.4 is 0 Å². The average molecular weight is 463 g/mol. The van der Waals surface area contributed by atoms with Crippen LogP contribution in [0.15, 0.2) is 43.0 Å². The molecule has 0 aliphatic carbocycles. The summed E-state index contributed by atoms with van der Waals surface area (Å²) in [4.78, 5) is 47.6. The highest BCUT2D eigenvalue weighted by Gasteiger charge is 2.48. The molecule has 1 rings (SSSR count). The van der Waals surface area contributed by atoms with E-state index >= 15 is 0 Å². The molecule has 182 valence electrons. The van der Waals surface area contributed by atoms with E-state index in [0.717, 1.165) is 5.56 Å². The summed E-state index contributed by atoms with van der Waals surface area (Å²) in [5.74, 6) is -5.33. The lowest BCUT2D eigenvalue weighted by molar-refractivity contribution is -0.194. The Morgan fingerprint density at radius 2 is 1.55 bits per heavy atom. The number of carbonyl (C=O) groups is 4. The van der Waals surface area contributed by atoms with Gasteiger partial charge in [0.25, 0.3) is 0 Å². The molecule has 0 amide bonds. The van der Waals surface area contributed by atoms with Gasteiger partial charge in [0, 0.05) is 11.8 Å². The maximum Gasteiger partial charge on any atom is 0.418 e.